The first-order chi connectivity index (χ1) is 15.8. The summed E-state index contributed by atoms with van der Waals surface area (Å²) in [6, 6.07) is 11.9. The second-order valence-electron chi connectivity index (χ2n) is 7.41. The molecule has 1 amide bonds. The third-order valence-electron chi connectivity index (χ3n) is 5.44. The van der Waals surface area contributed by atoms with Gasteiger partial charge in [0.2, 0.25) is 15.9 Å². The Morgan fingerprint density at radius 3 is 2.33 bits per heavy atom. The number of H-pyrrole nitrogens is 1. The van der Waals surface area contributed by atoms with Gasteiger partial charge in [0.15, 0.2) is 10.6 Å². The van der Waals surface area contributed by atoms with Crippen molar-refractivity contribution in [1.29, 1.82) is 0 Å². The van der Waals surface area contributed by atoms with Crippen LogP contribution in [0.15, 0.2) is 53.4 Å². The standard InChI is InChI=1S/C21H22FN5O4S2/c1-31-17-6-2-15(3-7-17)20-23-24-21(32)27(20)14-19(28)25-10-12-26(13-11-25)33(29,30)18-8-4-16(22)5-9-18/h2-9H,10-14H2,1H3,(H,24,32). The SMILES string of the molecule is COc1ccc(-c2n[nH]c(=S)n2CC(=O)N2CCN(S(=O)(=O)c3ccc(F)cc3)CC2)cc1. The molecule has 1 aliphatic rings. The van der Waals surface area contributed by atoms with E-state index in [1.807, 2.05) is 12.1 Å². The average Bonchev–Trinajstić information content (AvgIpc) is 3.19. The number of hydrogen-bond acceptors (Lipinski definition) is 6. The van der Waals surface area contributed by atoms with Gasteiger partial charge >= 0.3 is 0 Å². The summed E-state index contributed by atoms with van der Waals surface area (Å²) in [6.45, 7) is 0.743. The van der Waals surface area contributed by atoms with E-state index in [9.17, 15) is 17.6 Å². The number of methoxy groups -OCH3 is 1. The number of sulfonamides is 1. The quantitative estimate of drug-likeness (QED) is 0.531. The van der Waals surface area contributed by atoms with Crippen molar-refractivity contribution in [3.63, 3.8) is 0 Å². The summed E-state index contributed by atoms with van der Waals surface area (Å²) >= 11 is 5.31. The maximum absolute atomic E-state index is 13.1. The van der Waals surface area contributed by atoms with Crippen LogP contribution >= 0.6 is 12.2 Å². The summed E-state index contributed by atoms with van der Waals surface area (Å²) in [5, 5.41) is 6.97. The molecule has 0 unspecified atom stereocenters. The topological polar surface area (TPSA) is 101 Å². The Morgan fingerprint density at radius 1 is 1.09 bits per heavy atom. The van der Waals surface area contributed by atoms with Gasteiger partial charge in [0.25, 0.3) is 0 Å². The van der Waals surface area contributed by atoms with Gasteiger partial charge in [-0.25, -0.2) is 12.8 Å². The number of carbonyl (C=O) groups is 1. The number of halogens is 1. The van der Waals surface area contributed by atoms with Crippen LogP contribution in [0.2, 0.25) is 0 Å². The molecule has 2 heterocycles. The fraction of sp³-hybridized carbons (Fsp3) is 0.286. The third-order valence-corrected chi connectivity index (χ3v) is 7.67. The number of nitrogens with zero attached hydrogens (tertiary/aromatic N) is 4. The van der Waals surface area contributed by atoms with Crippen LogP contribution < -0.4 is 4.74 Å². The molecule has 1 N–H and O–H groups in total. The molecule has 4 rings (SSSR count). The third kappa shape index (κ3) is 4.82. The van der Waals surface area contributed by atoms with E-state index in [2.05, 4.69) is 10.2 Å². The molecule has 0 radical (unpaired) electrons. The van der Waals surface area contributed by atoms with Crippen LogP contribution in [0, 0.1) is 10.6 Å². The molecule has 0 saturated carbocycles. The average molecular weight is 492 g/mol. The van der Waals surface area contributed by atoms with Crippen molar-refractivity contribution in [2.75, 3.05) is 33.3 Å². The van der Waals surface area contributed by atoms with Gasteiger partial charge in [-0.1, -0.05) is 0 Å². The number of piperazine rings is 1. The van der Waals surface area contributed by atoms with Crippen LogP contribution in [0.3, 0.4) is 0 Å². The minimum absolute atomic E-state index is 0.0255. The first-order valence-electron chi connectivity index (χ1n) is 10.1. The Kier molecular flexibility index (Phi) is 6.58. The van der Waals surface area contributed by atoms with E-state index in [0.29, 0.717) is 16.3 Å². The predicted octanol–water partition coefficient (Wildman–Crippen LogP) is 2.29. The van der Waals surface area contributed by atoms with Gasteiger partial charge < -0.3 is 9.64 Å². The Labute approximate surface area is 195 Å². The van der Waals surface area contributed by atoms with Crippen LogP contribution in [-0.4, -0.2) is 71.6 Å². The van der Waals surface area contributed by atoms with Crippen LogP contribution in [-0.2, 0) is 21.4 Å². The monoisotopic (exact) mass is 491 g/mol. The van der Waals surface area contributed by atoms with Crippen LogP contribution in [0.1, 0.15) is 0 Å². The number of aromatic amines is 1. The number of rotatable bonds is 6. The molecule has 0 bridgehead atoms. The van der Waals surface area contributed by atoms with E-state index < -0.39 is 15.8 Å². The Balaban J connectivity index is 1.43. The summed E-state index contributed by atoms with van der Waals surface area (Å²) in [7, 11) is -2.17. The second kappa shape index (κ2) is 9.41. The molecule has 12 heteroatoms. The summed E-state index contributed by atoms with van der Waals surface area (Å²) in [6.07, 6.45) is 0. The lowest BCUT2D eigenvalue weighted by Crippen LogP contribution is -2.51. The summed E-state index contributed by atoms with van der Waals surface area (Å²) < 4.78 is 47.1. The lowest BCUT2D eigenvalue weighted by molar-refractivity contribution is -0.133. The molecule has 1 aliphatic heterocycles. The van der Waals surface area contributed by atoms with Crippen molar-refractivity contribution in [3.8, 4) is 17.1 Å². The molecular weight excluding hydrogens is 469 g/mol. The highest BCUT2D eigenvalue weighted by Gasteiger charge is 2.30. The number of ether oxygens (including phenoxy) is 1. The number of carbonyl (C=O) groups excluding carboxylic acids is 1. The Morgan fingerprint density at radius 2 is 1.73 bits per heavy atom. The highest BCUT2D eigenvalue weighted by Crippen LogP contribution is 2.22. The van der Waals surface area contributed by atoms with E-state index in [4.69, 9.17) is 17.0 Å². The first-order valence-corrected chi connectivity index (χ1v) is 12.0. The van der Waals surface area contributed by atoms with E-state index in [-0.39, 0.29) is 43.5 Å². The molecule has 2 aromatic carbocycles. The van der Waals surface area contributed by atoms with Gasteiger partial charge in [0.05, 0.1) is 12.0 Å². The normalized spacial score (nSPS) is 14.9. The van der Waals surface area contributed by atoms with Crippen molar-refractivity contribution >= 4 is 28.1 Å². The number of amides is 1. The lowest BCUT2D eigenvalue weighted by atomic mass is 10.2. The number of benzene rings is 2. The maximum atomic E-state index is 13.1. The van der Waals surface area contributed by atoms with Gasteiger partial charge in [-0.15, -0.1) is 0 Å². The molecule has 9 nitrogen and oxygen atoms in total. The second-order valence-corrected chi connectivity index (χ2v) is 9.73. The lowest BCUT2D eigenvalue weighted by Gasteiger charge is -2.34. The van der Waals surface area contributed by atoms with Gasteiger partial charge in [0, 0.05) is 31.7 Å². The molecule has 0 spiro atoms. The van der Waals surface area contributed by atoms with Crippen molar-refractivity contribution in [2.24, 2.45) is 0 Å². The molecule has 1 aromatic heterocycles. The fourth-order valence-electron chi connectivity index (χ4n) is 3.59. The van der Waals surface area contributed by atoms with E-state index in [1.54, 1.807) is 28.7 Å². The van der Waals surface area contributed by atoms with Crippen molar-refractivity contribution in [3.05, 3.63) is 59.1 Å². The molecule has 0 aliphatic carbocycles. The van der Waals surface area contributed by atoms with Gasteiger partial charge in [-0.3, -0.25) is 14.5 Å². The molecule has 174 valence electrons. The predicted molar refractivity (Wildman–Crippen MR) is 121 cm³/mol. The number of nitrogens with one attached hydrogen (secondary N) is 1. The van der Waals surface area contributed by atoms with Crippen LogP contribution in [0.25, 0.3) is 11.4 Å². The van der Waals surface area contributed by atoms with Crippen molar-refractivity contribution < 1.29 is 22.3 Å². The molecule has 0 atom stereocenters. The maximum Gasteiger partial charge on any atom is 0.243 e. The smallest absolute Gasteiger partial charge is 0.243 e. The molecule has 1 saturated heterocycles. The zero-order valence-corrected chi connectivity index (χ0v) is 19.4. The molecule has 1 fully saturated rings. The van der Waals surface area contributed by atoms with Crippen molar-refractivity contribution in [1.82, 2.24) is 24.0 Å². The zero-order chi connectivity index (χ0) is 23.6. The molecule has 3 aromatic rings. The summed E-state index contributed by atoms with van der Waals surface area (Å²) in [4.78, 5) is 14.6. The van der Waals surface area contributed by atoms with Gasteiger partial charge in [0.1, 0.15) is 18.1 Å². The Bertz CT molecular complexity index is 1300. The largest absolute Gasteiger partial charge is 0.497 e. The minimum Gasteiger partial charge on any atom is -0.497 e. The summed E-state index contributed by atoms with van der Waals surface area (Å²) in [5.41, 5.74) is 0.770. The van der Waals surface area contributed by atoms with Crippen LogP contribution in [0.4, 0.5) is 4.39 Å². The number of hydrogen-bond donors (Lipinski definition) is 1. The van der Waals surface area contributed by atoms with Crippen molar-refractivity contribution in [2.45, 2.75) is 11.4 Å². The molecular formula is C21H22FN5O4S2. The minimum atomic E-state index is -3.75. The summed E-state index contributed by atoms with van der Waals surface area (Å²) in [5.74, 6) is 0.523. The highest BCUT2D eigenvalue weighted by atomic mass is 32.2. The van der Waals surface area contributed by atoms with E-state index in [1.165, 1.54) is 16.4 Å². The van der Waals surface area contributed by atoms with Gasteiger partial charge in [-0.2, -0.15) is 9.40 Å². The van der Waals surface area contributed by atoms with E-state index in [0.717, 1.165) is 17.7 Å². The first kappa shape index (κ1) is 23.1. The zero-order valence-electron chi connectivity index (χ0n) is 17.8. The highest BCUT2D eigenvalue weighted by molar-refractivity contribution is 7.89. The Hall–Kier alpha value is -3.09. The van der Waals surface area contributed by atoms with Gasteiger partial charge in [-0.05, 0) is 60.7 Å². The molecule has 33 heavy (non-hydrogen) atoms. The van der Waals surface area contributed by atoms with E-state index >= 15 is 0 Å². The number of aromatic nitrogens is 3. The van der Waals surface area contributed by atoms with Crippen LogP contribution in [0.5, 0.6) is 5.75 Å². The fourth-order valence-corrected chi connectivity index (χ4v) is 5.21.